The number of aromatic nitrogens is 2. The van der Waals surface area contributed by atoms with Crippen LogP contribution in [0.2, 0.25) is 0 Å². The summed E-state index contributed by atoms with van der Waals surface area (Å²) in [6.45, 7) is 7.20. The summed E-state index contributed by atoms with van der Waals surface area (Å²) >= 11 is 0. The maximum Gasteiger partial charge on any atom is 0.336 e. The molecule has 3 aromatic rings. The van der Waals surface area contributed by atoms with E-state index in [1.54, 1.807) is 12.3 Å². The second-order valence-electron chi connectivity index (χ2n) is 7.38. The molecule has 1 aliphatic heterocycles. The van der Waals surface area contributed by atoms with Gasteiger partial charge >= 0.3 is 5.63 Å². The molecule has 1 aliphatic rings. The fourth-order valence-corrected chi connectivity index (χ4v) is 3.91. The molecule has 7 nitrogen and oxygen atoms in total. The predicted octanol–water partition coefficient (Wildman–Crippen LogP) is 2.73. The molecule has 3 heterocycles. The average molecular weight is 389 g/mol. The van der Waals surface area contributed by atoms with Gasteiger partial charge in [0.25, 0.3) is 0 Å². The molecule has 0 amide bonds. The van der Waals surface area contributed by atoms with Crippen molar-refractivity contribution in [1.82, 2.24) is 14.9 Å². The van der Waals surface area contributed by atoms with Crippen LogP contribution in [0.4, 0.5) is 5.82 Å². The SMILES string of the molecule is CCc1ccc2c(CN3CCN(c4nccnc4C#N)CC3C)cc(=O)oc2c1. The first kappa shape index (κ1) is 19.1. The molecule has 0 radical (unpaired) electrons. The third kappa shape index (κ3) is 3.84. The number of benzene rings is 1. The molecule has 0 spiro atoms. The van der Waals surface area contributed by atoms with Crippen LogP contribution in [0.15, 0.2) is 45.9 Å². The van der Waals surface area contributed by atoms with E-state index in [0.29, 0.717) is 23.6 Å². The highest BCUT2D eigenvalue weighted by molar-refractivity contribution is 5.80. The smallest absolute Gasteiger partial charge is 0.336 e. The molecule has 1 unspecified atom stereocenters. The van der Waals surface area contributed by atoms with Crippen molar-refractivity contribution in [2.24, 2.45) is 0 Å². The molecule has 1 aromatic carbocycles. The molecule has 0 saturated carbocycles. The Labute approximate surface area is 169 Å². The first-order valence-electron chi connectivity index (χ1n) is 9.84. The minimum absolute atomic E-state index is 0.231. The first-order valence-corrected chi connectivity index (χ1v) is 9.84. The fourth-order valence-electron chi connectivity index (χ4n) is 3.91. The summed E-state index contributed by atoms with van der Waals surface area (Å²) in [7, 11) is 0. The summed E-state index contributed by atoms with van der Waals surface area (Å²) < 4.78 is 5.43. The van der Waals surface area contributed by atoms with E-state index >= 15 is 0 Å². The lowest BCUT2D eigenvalue weighted by Gasteiger charge is -2.40. The van der Waals surface area contributed by atoms with Crippen LogP contribution in [0.25, 0.3) is 11.0 Å². The summed E-state index contributed by atoms with van der Waals surface area (Å²) in [4.78, 5) is 25.0. The molecule has 148 valence electrons. The highest BCUT2D eigenvalue weighted by Gasteiger charge is 2.26. The molecule has 1 atom stereocenters. The number of piperazine rings is 1. The summed E-state index contributed by atoms with van der Waals surface area (Å²) in [5.74, 6) is 0.638. The highest BCUT2D eigenvalue weighted by atomic mass is 16.4. The van der Waals surface area contributed by atoms with Crippen molar-refractivity contribution in [2.75, 3.05) is 24.5 Å². The lowest BCUT2D eigenvalue weighted by atomic mass is 10.0. The number of anilines is 1. The van der Waals surface area contributed by atoms with E-state index in [4.69, 9.17) is 4.42 Å². The van der Waals surface area contributed by atoms with E-state index < -0.39 is 0 Å². The maximum atomic E-state index is 12.1. The van der Waals surface area contributed by atoms with Crippen LogP contribution < -0.4 is 10.5 Å². The number of hydrogen-bond acceptors (Lipinski definition) is 7. The van der Waals surface area contributed by atoms with Crippen LogP contribution in [0, 0.1) is 11.3 Å². The second-order valence-corrected chi connectivity index (χ2v) is 7.38. The average Bonchev–Trinajstić information content (AvgIpc) is 2.74. The van der Waals surface area contributed by atoms with Crippen molar-refractivity contribution in [2.45, 2.75) is 32.9 Å². The zero-order valence-corrected chi connectivity index (χ0v) is 16.6. The summed E-state index contributed by atoms with van der Waals surface area (Å²) in [6, 6.07) is 10.0. The molecule has 1 fully saturated rings. The van der Waals surface area contributed by atoms with Gasteiger partial charge in [-0.1, -0.05) is 19.1 Å². The van der Waals surface area contributed by atoms with Gasteiger partial charge < -0.3 is 9.32 Å². The minimum Gasteiger partial charge on any atom is -0.423 e. The quantitative estimate of drug-likeness (QED) is 0.634. The zero-order valence-electron chi connectivity index (χ0n) is 16.6. The fraction of sp³-hybridized carbons (Fsp3) is 0.364. The van der Waals surface area contributed by atoms with E-state index in [0.717, 1.165) is 42.6 Å². The second kappa shape index (κ2) is 8.02. The molecule has 0 N–H and O–H groups in total. The van der Waals surface area contributed by atoms with Crippen molar-refractivity contribution >= 4 is 16.8 Å². The Bertz CT molecular complexity index is 1130. The maximum absolute atomic E-state index is 12.1. The van der Waals surface area contributed by atoms with Crippen LogP contribution in [-0.4, -0.2) is 40.5 Å². The molecule has 7 heteroatoms. The van der Waals surface area contributed by atoms with Crippen LogP contribution >= 0.6 is 0 Å². The highest BCUT2D eigenvalue weighted by Crippen LogP contribution is 2.24. The molecule has 0 bridgehead atoms. The van der Waals surface area contributed by atoms with Gasteiger partial charge in [0.15, 0.2) is 11.5 Å². The van der Waals surface area contributed by atoms with E-state index in [2.05, 4.69) is 45.8 Å². The van der Waals surface area contributed by atoms with Crippen molar-refractivity contribution < 1.29 is 4.42 Å². The van der Waals surface area contributed by atoms with Crippen molar-refractivity contribution in [3.63, 3.8) is 0 Å². The normalized spacial score (nSPS) is 17.4. The molecular weight excluding hydrogens is 366 g/mol. The number of nitriles is 1. The van der Waals surface area contributed by atoms with E-state index in [9.17, 15) is 10.1 Å². The lowest BCUT2D eigenvalue weighted by Crippen LogP contribution is -2.52. The lowest BCUT2D eigenvalue weighted by molar-refractivity contribution is 0.181. The van der Waals surface area contributed by atoms with Gasteiger partial charge in [0, 0.05) is 56.1 Å². The van der Waals surface area contributed by atoms with Crippen molar-refractivity contribution in [1.29, 1.82) is 5.26 Å². The Hall–Kier alpha value is -3.24. The largest absolute Gasteiger partial charge is 0.423 e. The Balaban J connectivity index is 1.56. The molecular formula is C22H23N5O2. The van der Waals surface area contributed by atoms with Gasteiger partial charge in [-0.2, -0.15) is 5.26 Å². The number of fused-ring (bicyclic) bond motifs is 1. The molecule has 2 aromatic heterocycles. The number of aryl methyl sites for hydroxylation is 1. The number of rotatable bonds is 4. The van der Waals surface area contributed by atoms with Gasteiger partial charge in [-0.05, 0) is 30.5 Å². The number of nitrogens with zero attached hydrogens (tertiary/aromatic N) is 5. The number of hydrogen-bond donors (Lipinski definition) is 0. The molecule has 1 saturated heterocycles. The van der Waals surface area contributed by atoms with Crippen LogP contribution in [0.3, 0.4) is 0 Å². The van der Waals surface area contributed by atoms with Crippen molar-refractivity contribution in [3.05, 3.63) is 63.9 Å². The third-order valence-electron chi connectivity index (χ3n) is 5.53. The minimum atomic E-state index is -0.315. The van der Waals surface area contributed by atoms with Gasteiger partial charge in [-0.15, -0.1) is 0 Å². The standard InChI is InChI=1S/C22H23N5O2/c1-3-16-4-5-18-17(11-21(28)29-20(18)10-16)14-26-8-9-27(13-15(26)2)22-19(12-23)24-6-7-25-22/h4-7,10-11,15H,3,8-9,13-14H2,1-2H3. The molecule has 4 rings (SSSR count). The first-order chi connectivity index (χ1) is 14.1. The monoisotopic (exact) mass is 389 g/mol. The van der Waals surface area contributed by atoms with Crippen LogP contribution in [0.1, 0.15) is 30.7 Å². The van der Waals surface area contributed by atoms with Gasteiger partial charge in [0.05, 0.1) is 0 Å². The van der Waals surface area contributed by atoms with Crippen LogP contribution in [0.5, 0.6) is 0 Å². The van der Waals surface area contributed by atoms with Gasteiger partial charge in [0.1, 0.15) is 11.7 Å². The Kier molecular flexibility index (Phi) is 5.28. The van der Waals surface area contributed by atoms with Crippen molar-refractivity contribution in [3.8, 4) is 6.07 Å². The third-order valence-corrected chi connectivity index (χ3v) is 5.53. The summed E-state index contributed by atoms with van der Waals surface area (Å²) in [6.07, 6.45) is 4.06. The molecule has 0 aliphatic carbocycles. The summed E-state index contributed by atoms with van der Waals surface area (Å²) in [5, 5.41) is 10.3. The zero-order chi connectivity index (χ0) is 20.4. The summed E-state index contributed by atoms with van der Waals surface area (Å²) in [5.41, 5.74) is 2.82. The predicted molar refractivity (Wildman–Crippen MR) is 111 cm³/mol. The van der Waals surface area contributed by atoms with Gasteiger partial charge in [-0.25, -0.2) is 14.8 Å². The topological polar surface area (TPSA) is 86.3 Å². The van der Waals surface area contributed by atoms with E-state index in [1.165, 1.54) is 6.20 Å². The Morgan fingerprint density at radius 1 is 1.24 bits per heavy atom. The Morgan fingerprint density at radius 2 is 2.07 bits per heavy atom. The van der Waals surface area contributed by atoms with Gasteiger partial charge in [-0.3, -0.25) is 4.90 Å². The van der Waals surface area contributed by atoms with Crippen LogP contribution in [-0.2, 0) is 13.0 Å². The van der Waals surface area contributed by atoms with E-state index in [-0.39, 0.29) is 11.7 Å². The Morgan fingerprint density at radius 3 is 2.83 bits per heavy atom. The van der Waals surface area contributed by atoms with Gasteiger partial charge in [0.2, 0.25) is 0 Å². The molecule has 29 heavy (non-hydrogen) atoms. The van der Waals surface area contributed by atoms with E-state index in [1.807, 2.05) is 12.1 Å².